The molecule has 0 radical (unpaired) electrons. The van der Waals surface area contributed by atoms with Crippen LogP contribution in [0.1, 0.15) is 10.5 Å². The van der Waals surface area contributed by atoms with Crippen molar-refractivity contribution in [1.29, 1.82) is 0 Å². The molecule has 1 heterocycles. The predicted molar refractivity (Wildman–Crippen MR) is 54.9 cm³/mol. The van der Waals surface area contributed by atoms with Gasteiger partial charge in [0.05, 0.1) is 18.2 Å². The molecule has 84 valence electrons. The zero-order valence-corrected chi connectivity index (χ0v) is 9.36. The molecule has 6 nitrogen and oxygen atoms in total. The maximum absolute atomic E-state index is 11.6. The van der Waals surface area contributed by atoms with Gasteiger partial charge >= 0.3 is 0 Å². The number of hydrogen-bond donors (Lipinski definition) is 1. The molecular formula is C8H13ClN4O2. The Morgan fingerprint density at radius 3 is 3.07 bits per heavy atom. The summed E-state index contributed by atoms with van der Waals surface area (Å²) in [4.78, 5) is 13.1. The van der Waals surface area contributed by atoms with Gasteiger partial charge in [0.25, 0.3) is 5.91 Å². The Morgan fingerprint density at radius 1 is 1.80 bits per heavy atom. The second-order valence-corrected chi connectivity index (χ2v) is 3.71. The third-order valence-electron chi connectivity index (χ3n) is 1.80. The molecule has 1 rings (SSSR count). The minimum Gasteiger partial charge on any atom is -0.383 e. The van der Waals surface area contributed by atoms with E-state index in [0.717, 1.165) is 0 Å². The monoisotopic (exact) mass is 232 g/mol. The number of H-pyrrole nitrogens is 1. The number of amides is 1. The van der Waals surface area contributed by atoms with Gasteiger partial charge in [-0.05, 0) is 0 Å². The normalized spacial score (nSPS) is 12.5. The van der Waals surface area contributed by atoms with Gasteiger partial charge in [-0.15, -0.1) is 11.6 Å². The molecule has 0 saturated carbocycles. The van der Waals surface area contributed by atoms with E-state index in [2.05, 4.69) is 15.4 Å². The molecule has 1 unspecified atom stereocenters. The zero-order chi connectivity index (χ0) is 11.3. The first kappa shape index (κ1) is 11.9. The first-order chi connectivity index (χ1) is 7.15. The molecule has 1 amide bonds. The minimum atomic E-state index is -0.226. The van der Waals surface area contributed by atoms with Crippen LogP contribution in [0.3, 0.4) is 0 Å². The van der Waals surface area contributed by atoms with Gasteiger partial charge in [0.2, 0.25) is 0 Å². The molecule has 1 atom stereocenters. The largest absolute Gasteiger partial charge is 0.383 e. The van der Waals surface area contributed by atoms with Crippen molar-refractivity contribution in [3.05, 3.63) is 11.9 Å². The van der Waals surface area contributed by atoms with Crippen LogP contribution in [0.5, 0.6) is 0 Å². The van der Waals surface area contributed by atoms with Crippen LogP contribution in [0.15, 0.2) is 6.20 Å². The van der Waals surface area contributed by atoms with Crippen molar-refractivity contribution in [2.75, 3.05) is 27.3 Å². The number of alkyl halides is 1. The van der Waals surface area contributed by atoms with Gasteiger partial charge in [0, 0.05) is 20.7 Å². The van der Waals surface area contributed by atoms with Crippen LogP contribution in [-0.2, 0) is 4.74 Å². The molecule has 1 aromatic heterocycles. The van der Waals surface area contributed by atoms with E-state index in [1.165, 1.54) is 11.1 Å². The minimum absolute atomic E-state index is 0.217. The van der Waals surface area contributed by atoms with Crippen LogP contribution in [0.2, 0.25) is 0 Å². The Labute approximate surface area is 92.5 Å². The number of carbonyl (C=O) groups excluding carboxylic acids is 1. The van der Waals surface area contributed by atoms with Crippen molar-refractivity contribution in [2.24, 2.45) is 0 Å². The Balaban J connectivity index is 2.47. The molecule has 0 fully saturated rings. The van der Waals surface area contributed by atoms with Crippen molar-refractivity contribution >= 4 is 17.5 Å². The fourth-order valence-corrected chi connectivity index (χ4v) is 1.45. The number of aromatic amines is 1. The van der Waals surface area contributed by atoms with Gasteiger partial charge in [0.1, 0.15) is 0 Å². The molecule has 1 aromatic rings. The second-order valence-electron chi connectivity index (χ2n) is 3.09. The Morgan fingerprint density at radius 2 is 2.53 bits per heavy atom. The number of ether oxygens (including phenoxy) is 1. The molecule has 1 N–H and O–H groups in total. The molecule has 0 bridgehead atoms. The number of halogens is 1. The number of hydrogen-bond acceptors (Lipinski definition) is 4. The highest BCUT2D eigenvalue weighted by atomic mass is 35.5. The predicted octanol–water partition coefficient (Wildman–Crippen LogP) is 0.130. The number of rotatable bonds is 5. The third kappa shape index (κ3) is 3.49. The molecule has 0 spiro atoms. The van der Waals surface area contributed by atoms with Crippen molar-refractivity contribution in [1.82, 2.24) is 20.3 Å². The van der Waals surface area contributed by atoms with E-state index < -0.39 is 0 Å². The number of nitrogens with one attached hydrogen (secondary N) is 1. The first-order valence-electron chi connectivity index (χ1n) is 4.39. The SMILES string of the molecule is COCC(Cl)CN(C)C(=O)c1cn[nH]n1. The number of carbonyl (C=O) groups is 1. The maximum atomic E-state index is 11.6. The molecule has 0 aliphatic rings. The van der Waals surface area contributed by atoms with Crippen LogP contribution in [-0.4, -0.2) is 58.9 Å². The summed E-state index contributed by atoms with van der Waals surface area (Å²) in [5.74, 6) is -0.217. The summed E-state index contributed by atoms with van der Waals surface area (Å²) in [6, 6.07) is 0. The fraction of sp³-hybridized carbons (Fsp3) is 0.625. The van der Waals surface area contributed by atoms with E-state index in [0.29, 0.717) is 13.2 Å². The molecule has 0 aliphatic carbocycles. The van der Waals surface area contributed by atoms with Gasteiger partial charge in [-0.1, -0.05) is 0 Å². The molecule has 7 heteroatoms. The second kappa shape index (κ2) is 5.67. The third-order valence-corrected chi connectivity index (χ3v) is 2.06. The average molecular weight is 233 g/mol. The first-order valence-corrected chi connectivity index (χ1v) is 4.83. The summed E-state index contributed by atoms with van der Waals surface area (Å²) in [6.45, 7) is 0.805. The zero-order valence-electron chi connectivity index (χ0n) is 8.61. The van der Waals surface area contributed by atoms with E-state index in [4.69, 9.17) is 16.3 Å². The lowest BCUT2D eigenvalue weighted by molar-refractivity contribution is 0.0776. The van der Waals surface area contributed by atoms with Crippen molar-refractivity contribution < 1.29 is 9.53 Å². The van der Waals surface area contributed by atoms with E-state index >= 15 is 0 Å². The van der Waals surface area contributed by atoms with Crippen LogP contribution in [0.4, 0.5) is 0 Å². The standard InChI is InChI=1S/C8H13ClN4O2/c1-13(4-6(9)5-15-2)8(14)7-3-10-12-11-7/h3,6H,4-5H2,1-2H3,(H,10,11,12). The lowest BCUT2D eigenvalue weighted by atomic mass is 10.3. The average Bonchev–Trinajstić information content (AvgIpc) is 2.69. The number of methoxy groups -OCH3 is 1. The number of nitrogens with zero attached hydrogens (tertiary/aromatic N) is 3. The smallest absolute Gasteiger partial charge is 0.275 e. The summed E-state index contributed by atoms with van der Waals surface area (Å²) in [5.41, 5.74) is 0.277. The summed E-state index contributed by atoms with van der Waals surface area (Å²) >= 11 is 5.92. The van der Waals surface area contributed by atoms with Gasteiger partial charge in [-0.3, -0.25) is 4.79 Å². The summed E-state index contributed by atoms with van der Waals surface area (Å²) < 4.78 is 4.87. The lowest BCUT2D eigenvalue weighted by Crippen LogP contribution is -2.34. The van der Waals surface area contributed by atoms with Crippen LogP contribution in [0.25, 0.3) is 0 Å². The van der Waals surface area contributed by atoms with E-state index in [-0.39, 0.29) is 17.0 Å². The maximum Gasteiger partial charge on any atom is 0.275 e. The Bertz CT molecular complexity index is 304. The van der Waals surface area contributed by atoms with E-state index in [1.54, 1.807) is 14.2 Å². The van der Waals surface area contributed by atoms with Crippen molar-refractivity contribution in [2.45, 2.75) is 5.38 Å². The Hall–Kier alpha value is -1.14. The van der Waals surface area contributed by atoms with Gasteiger partial charge < -0.3 is 9.64 Å². The van der Waals surface area contributed by atoms with Crippen LogP contribution < -0.4 is 0 Å². The molecule has 15 heavy (non-hydrogen) atoms. The van der Waals surface area contributed by atoms with E-state index in [1.807, 2.05) is 0 Å². The van der Waals surface area contributed by atoms with Crippen molar-refractivity contribution in [3.63, 3.8) is 0 Å². The highest BCUT2D eigenvalue weighted by Gasteiger charge is 2.17. The highest BCUT2D eigenvalue weighted by Crippen LogP contribution is 2.02. The summed E-state index contributed by atoms with van der Waals surface area (Å²) in [5, 5.41) is 9.40. The summed E-state index contributed by atoms with van der Waals surface area (Å²) in [7, 11) is 3.22. The number of aromatic nitrogens is 3. The fourth-order valence-electron chi connectivity index (χ4n) is 1.11. The quantitative estimate of drug-likeness (QED) is 0.733. The lowest BCUT2D eigenvalue weighted by Gasteiger charge is -2.18. The van der Waals surface area contributed by atoms with Crippen LogP contribution in [0, 0.1) is 0 Å². The van der Waals surface area contributed by atoms with Crippen LogP contribution >= 0.6 is 11.6 Å². The molecule has 0 aliphatic heterocycles. The summed E-state index contributed by atoms with van der Waals surface area (Å²) in [6.07, 6.45) is 1.37. The van der Waals surface area contributed by atoms with Gasteiger partial charge in [-0.25, -0.2) is 0 Å². The Kier molecular flexibility index (Phi) is 4.51. The molecular weight excluding hydrogens is 220 g/mol. The van der Waals surface area contributed by atoms with Crippen molar-refractivity contribution in [3.8, 4) is 0 Å². The molecule has 0 aromatic carbocycles. The van der Waals surface area contributed by atoms with Gasteiger partial charge in [-0.2, -0.15) is 15.4 Å². The van der Waals surface area contributed by atoms with E-state index in [9.17, 15) is 4.79 Å². The molecule has 0 saturated heterocycles. The van der Waals surface area contributed by atoms with Gasteiger partial charge in [0.15, 0.2) is 5.69 Å². The topological polar surface area (TPSA) is 71.1 Å². The highest BCUT2D eigenvalue weighted by molar-refractivity contribution is 6.21.